The molecule has 110 valence electrons. The van der Waals surface area contributed by atoms with E-state index in [0.717, 1.165) is 12.0 Å². The second kappa shape index (κ2) is 7.55. The molecule has 1 amide bonds. The fourth-order valence-electron chi connectivity index (χ4n) is 2.37. The first-order valence-electron chi connectivity index (χ1n) is 7.00. The van der Waals surface area contributed by atoms with Crippen LogP contribution in [0.3, 0.4) is 0 Å². The molecule has 0 radical (unpaired) electrons. The van der Waals surface area contributed by atoms with Gasteiger partial charge in [-0.1, -0.05) is 37.3 Å². The molecule has 1 fully saturated rings. The number of ether oxygens (including phenoxy) is 1. The molecule has 0 unspecified atom stereocenters. The Hall–Kier alpha value is -1.20. The second-order valence-corrected chi connectivity index (χ2v) is 6.45. The maximum Gasteiger partial charge on any atom is 0.235 e. The van der Waals surface area contributed by atoms with Crippen molar-refractivity contribution in [3.8, 4) is 0 Å². The molecule has 1 aliphatic rings. The van der Waals surface area contributed by atoms with Crippen LogP contribution in [0.15, 0.2) is 30.3 Å². The van der Waals surface area contributed by atoms with E-state index < -0.39 is 10.8 Å². The summed E-state index contributed by atoms with van der Waals surface area (Å²) in [7, 11) is -1.17. The van der Waals surface area contributed by atoms with Gasteiger partial charge in [0.05, 0.1) is 18.5 Å². The van der Waals surface area contributed by atoms with Crippen molar-refractivity contribution in [2.75, 3.05) is 32.1 Å². The van der Waals surface area contributed by atoms with Gasteiger partial charge in [-0.15, -0.1) is 0 Å². The highest BCUT2D eigenvalue weighted by Crippen LogP contribution is 2.23. The lowest BCUT2D eigenvalue weighted by Crippen LogP contribution is -2.43. The zero-order chi connectivity index (χ0) is 14.4. The van der Waals surface area contributed by atoms with Gasteiger partial charge in [-0.2, -0.15) is 0 Å². The van der Waals surface area contributed by atoms with Crippen LogP contribution in [-0.4, -0.2) is 47.1 Å². The number of hydrogen-bond donors (Lipinski definition) is 0. The first-order valence-corrected chi connectivity index (χ1v) is 8.38. The third kappa shape index (κ3) is 3.90. The van der Waals surface area contributed by atoms with Crippen LogP contribution < -0.4 is 0 Å². The molecule has 1 aromatic rings. The molecule has 5 heteroatoms. The molecule has 0 aliphatic carbocycles. The molecular weight excluding hydrogens is 274 g/mol. The Morgan fingerprint density at radius 3 is 2.55 bits per heavy atom. The molecule has 1 saturated heterocycles. The molecule has 4 nitrogen and oxygen atoms in total. The van der Waals surface area contributed by atoms with Crippen LogP contribution in [0, 0.1) is 0 Å². The third-order valence-corrected chi connectivity index (χ3v) is 5.26. The van der Waals surface area contributed by atoms with Gasteiger partial charge in [0.25, 0.3) is 0 Å². The largest absolute Gasteiger partial charge is 0.378 e. The SMILES string of the molecule is CC[C@@H](c1ccccc1)[S@](=O)CC(=O)N1CCOCC1. The number of carbonyl (C=O) groups is 1. The summed E-state index contributed by atoms with van der Waals surface area (Å²) in [6.07, 6.45) is 0.771. The minimum atomic E-state index is -1.17. The molecular formula is C15H21NO3S. The molecule has 2 rings (SSSR count). The van der Waals surface area contributed by atoms with E-state index in [4.69, 9.17) is 4.74 Å². The maximum atomic E-state index is 12.5. The fourth-order valence-corrected chi connectivity index (χ4v) is 3.83. The molecule has 0 aromatic heterocycles. The van der Waals surface area contributed by atoms with Gasteiger partial charge in [0.15, 0.2) is 0 Å². The molecule has 1 heterocycles. The Kier molecular flexibility index (Phi) is 5.73. The van der Waals surface area contributed by atoms with Gasteiger partial charge in [-0.25, -0.2) is 0 Å². The number of rotatable bonds is 5. The zero-order valence-corrected chi connectivity index (χ0v) is 12.6. The quantitative estimate of drug-likeness (QED) is 0.831. The predicted molar refractivity (Wildman–Crippen MR) is 79.9 cm³/mol. The average molecular weight is 295 g/mol. The van der Waals surface area contributed by atoms with Gasteiger partial charge in [0, 0.05) is 23.9 Å². The molecule has 2 atom stereocenters. The monoisotopic (exact) mass is 295 g/mol. The van der Waals surface area contributed by atoms with Gasteiger partial charge >= 0.3 is 0 Å². The van der Waals surface area contributed by atoms with Crippen LogP contribution in [-0.2, 0) is 20.3 Å². The lowest BCUT2D eigenvalue weighted by molar-refractivity contribution is -0.132. The molecule has 0 N–H and O–H groups in total. The number of hydrogen-bond acceptors (Lipinski definition) is 3. The van der Waals surface area contributed by atoms with E-state index in [9.17, 15) is 9.00 Å². The van der Waals surface area contributed by atoms with E-state index in [2.05, 4.69) is 0 Å². The predicted octanol–water partition coefficient (Wildman–Crippen LogP) is 1.75. The number of benzene rings is 1. The van der Waals surface area contributed by atoms with Crippen LogP contribution in [0.4, 0.5) is 0 Å². The van der Waals surface area contributed by atoms with Gasteiger partial charge < -0.3 is 9.64 Å². The van der Waals surface area contributed by atoms with Crippen molar-refractivity contribution >= 4 is 16.7 Å². The molecule has 0 bridgehead atoms. The maximum absolute atomic E-state index is 12.5. The lowest BCUT2D eigenvalue weighted by Gasteiger charge is -2.27. The van der Waals surface area contributed by atoms with Crippen LogP contribution in [0.5, 0.6) is 0 Å². The Morgan fingerprint density at radius 1 is 1.30 bits per heavy atom. The highest BCUT2D eigenvalue weighted by Gasteiger charge is 2.23. The molecule has 0 saturated carbocycles. The molecule has 20 heavy (non-hydrogen) atoms. The minimum absolute atomic E-state index is 0.0268. The van der Waals surface area contributed by atoms with Crippen LogP contribution in [0.25, 0.3) is 0 Å². The van der Waals surface area contributed by atoms with Crippen molar-refractivity contribution in [3.05, 3.63) is 35.9 Å². The number of amides is 1. The van der Waals surface area contributed by atoms with Crippen molar-refractivity contribution in [2.45, 2.75) is 18.6 Å². The number of nitrogens with zero attached hydrogens (tertiary/aromatic N) is 1. The van der Waals surface area contributed by atoms with Crippen LogP contribution in [0.1, 0.15) is 24.2 Å². The summed E-state index contributed by atoms with van der Waals surface area (Å²) < 4.78 is 17.7. The molecule has 1 aromatic carbocycles. The van der Waals surface area contributed by atoms with Crippen molar-refractivity contribution in [2.24, 2.45) is 0 Å². The van der Waals surface area contributed by atoms with Crippen molar-refractivity contribution in [3.63, 3.8) is 0 Å². The van der Waals surface area contributed by atoms with Crippen LogP contribution in [0.2, 0.25) is 0 Å². The van der Waals surface area contributed by atoms with E-state index >= 15 is 0 Å². The summed E-state index contributed by atoms with van der Waals surface area (Å²) in [5, 5.41) is -0.0683. The van der Waals surface area contributed by atoms with Gasteiger partial charge in [-0.05, 0) is 12.0 Å². The summed E-state index contributed by atoms with van der Waals surface area (Å²) in [6, 6.07) is 9.78. The standard InChI is InChI=1S/C15H21NO3S/c1-2-14(13-6-4-3-5-7-13)20(18)12-15(17)16-8-10-19-11-9-16/h3-7,14H,2,8-12H2,1H3/t14-,20+/m0/s1. The summed E-state index contributed by atoms with van der Waals surface area (Å²) in [6.45, 7) is 4.38. The first kappa shape index (κ1) is 15.2. The van der Waals surface area contributed by atoms with Gasteiger partial charge in [0.2, 0.25) is 5.91 Å². The van der Waals surface area contributed by atoms with Gasteiger partial charge in [0.1, 0.15) is 5.75 Å². The van der Waals surface area contributed by atoms with E-state index in [1.165, 1.54) is 0 Å². The van der Waals surface area contributed by atoms with E-state index in [0.29, 0.717) is 26.3 Å². The third-order valence-electron chi connectivity index (χ3n) is 3.49. The smallest absolute Gasteiger partial charge is 0.235 e. The Bertz CT molecular complexity index is 457. The first-order chi connectivity index (χ1) is 9.72. The Morgan fingerprint density at radius 2 is 1.95 bits per heavy atom. The average Bonchev–Trinajstić information content (AvgIpc) is 2.50. The Labute approximate surface area is 122 Å². The summed E-state index contributed by atoms with van der Waals surface area (Å²) >= 11 is 0. The summed E-state index contributed by atoms with van der Waals surface area (Å²) in [5.74, 6) is 0.0777. The normalized spacial score (nSPS) is 18.6. The minimum Gasteiger partial charge on any atom is -0.378 e. The fraction of sp³-hybridized carbons (Fsp3) is 0.533. The highest BCUT2D eigenvalue weighted by atomic mass is 32.2. The second-order valence-electron chi connectivity index (χ2n) is 4.83. The molecule has 1 aliphatic heterocycles. The van der Waals surface area contributed by atoms with Crippen molar-refractivity contribution < 1.29 is 13.7 Å². The Balaban J connectivity index is 1.97. The van der Waals surface area contributed by atoms with Crippen LogP contribution >= 0.6 is 0 Å². The topological polar surface area (TPSA) is 46.6 Å². The van der Waals surface area contributed by atoms with E-state index in [-0.39, 0.29) is 16.9 Å². The van der Waals surface area contributed by atoms with Crippen molar-refractivity contribution in [1.82, 2.24) is 4.90 Å². The number of carbonyl (C=O) groups excluding carboxylic acids is 1. The molecule has 0 spiro atoms. The van der Waals surface area contributed by atoms with E-state index in [1.54, 1.807) is 4.90 Å². The van der Waals surface area contributed by atoms with Gasteiger partial charge in [-0.3, -0.25) is 9.00 Å². The van der Waals surface area contributed by atoms with Crippen molar-refractivity contribution in [1.29, 1.82) is 0 Å². The summed E-state index contributed by atoms with van der Waals surface area (Å²) in [4.78, 5) is 13.9. The zero-order valence-electron chi connectivity index (χ0n) is 11.8. The summed E-state index contributed by atoms with van der Waals surface area (Å²) in [5.41, 5.74) is 1.04. The number of morpholine rings is 1. The van der Waals surface area contributed by atoms with E-state index in [1.807, 2.05) is 37.3 Å². The lowest BCUT2D eigenvalue weighted by atomic mass is 10.1. The highest BCUT2D eigenvalue weighted by molar-refractivity contribution is 7.86.